The van der Waals surface area contributed by atoms with Crippen LogP contribution in [0.5, 0.6) is 0 Å². The maximum absolute atomic E-state index is 3.51. The number of aryl methyl sites for hydroxylation is 1. The summed E-state index contributed by atoms with van der Waals surface area (Å²) < 4.78 is 2.29. The molecule has 1 saturated carbocycles. The number of nitrogens with one attached hydrogen (secondary N) is 1. The van der Waals surface area contributed by atoms with Gasteiger partial charge in [0.1, 0.15) is 0 Å². The fourth-order valence-corrected chi connectivity index (χ4v) is 1.45. The first kappa shape index (κ1) is 7.87. The van der Waals surface area contributed by atoms with E-state index >= 15 is 0 Å². The van der Waals surface area contributed by atoms with Gasteiger partial charge >= 0.3 is 0 Å². The molecule has 1 aliphatic carbocycles. The van der Waals surface area contributed by atoms with Gasteiger partial charge in [0.2, 0.25) is 0 Å². The standard InChI is InChI=1S/C10H16N2/c1-2-12-7-3-4-10(12)8-11-9-5-6-9/h3-4,7,9,11H,2,5-6,8H2,1H3. The monoisotopic (exact) mass is 164 g/mol. The predicted molar refractivity (Wildman–Crippen MR) is 50.0 cm³/mol. The summed E-state index contributed by atoms with van der Waals surface area (Å²) in [5.41, 5.74) is 1.41. The van der Waals surface area contributed by atoms with Gasteiger partial charge in [0.05, 0.1) is 0 Å². The maximum Gasteiger partial charge on any atom is 0.0361 e. The fourth-order valence-electron chi connectivity index (χ4n) is 1.45. The van der Waals surface area contributed by atoms with Crippen molar-refractivity contribution in [1.82, 2.24) is 9.88 Å². The summed E-state index contributed by atoms with van der Waals surface area (Å²) in [7, 11) is 0. The van der Waals surface area contributed by atoms with Gasteiger partial charge in [-0.25, -0.2) is 0 Å². The van der Waals surface area contributed by atoms with Gasteiger partial charge in [-0.15, -0.1) is 0 Å². The van der Waals surface area contributed by atoms with Crippen LogP contribution in [0.2, 0.25) is 0 Å². The summed E-state index contributed by atoms with van der Waals surface area (Å²) in [5.74, 6) is 0. The van der Waals surface area contributed by atoms with Crippen LogP contribution < -0.4 is 5.32 Å². The lowest BCUT2D eigenvalue weighted by Crippen LogP contribution is -2.17. The van der Waals surface area contributed by atoms with Gasteiger partial charge < -0.3 is 9.88 Å². The van der Waals surface area contributed by atoms with Gasteiger partial charge in [-0.2, -0.15) is 0 Å². The Morgan fingerprint density at radius 1 is 1.58 bits per heavy atom. The van der Waals surface area contributed by atoms with E-state index in [9.17, 15) is 0 Å². The molecular formula is C10H16N2. The van der Waals surface area contributed by atoms with Crippen LogP contribution in [0, 0.1) is 0 Å². The zero-order valence-corrected chi connectivity index (χ0v) is 7.59. The van der Waals surface area contributed by atoms with Crippen LogP contribution in [0.15, 0.2) is 18.3 Å². The van der Waals surface area contributed by atoms with E-state index in [0.29, 0.717) is 0 Å². The van der Waals surface area contributed by atoms with Gasteiger partial charge in [-0.1, -0.05) is 0 Å². The second kappa shape index (κ2) is 3.31. The van der Waals surface area contributed by atoms with Crippen molar-refractivity contribution in [3.8, 4) is 0 Å². The molecule has 0 bridgehead atoms. The molecule has 2 nitrogen and oxygen atoms in total. The molecule has 12 heavy (non-hydrogen) atoms. The minimum absolute atomic E-state index is 0.810. The van der Waals surface area contributed by atoms with Gasteiger partial charge in [0.25, 0.3) is 0 Å². The van der Waals surface area contributed by atoms with Crippen molar-refractivity contribution in [2.45, 2.75) is 38.9 Å². The lowest BCUT2D eigenvalue weighted by Gasteiger charge is -2.06. The molecule has 1 aliphatic rings. The Labute approximate surface area is 73.6 Å². The van der Waals surface area contributed by atoms with Crippen LogP contribution in [0.1, 0.15) is 25.5 Å². The quantitative estimate of drug-likeness (QED) is 0.717. The van der Waals surface area contributed by atoms with Crippen LogP contribution in [0.3, 0.4) is 0 Å². The Bertz CT molecular complexity index is 248. The second-order valence-corrected chi connectivity index (χ2v) is 3.44. The highest BCUT2D eigenvalue weighted by Crippen LogP contribution is 2.19. The third-order valence-electron chi connectivity index (χ3n) is 2.41. The average Bonchev–Trinajstić information content (AvgIpc) is 2.81. The van der Waals surface area contributed by atoms with Gasteiger partial charge in [-0.05, 0) is 31.9 Å². The van der Waals surface area contributed by atoms with Crippen LogP contribution >= 0.6 is 0 Å². The van der Waals surface area contributed by atoms with Crippen molar-refractivity contribution >= 4 is 0 Å². The largest absolute Gasteiger partial charge is 0.351 e. The molecule has 0 unspecified atom stereocenters. The summed E-state index contributed by atoms with van der Waals surface area (Å²) in [4.78, 5) is 0. The second-order valence-electron chi connectivity index (χ2n) is 3.44. The summed E-state index contributed by atoms with van der Waals surface area (Å²) in [6.07, 6.45) is 4.88. The Morgan fingerprint density at radius 3 is 3.08 bits per heavy atom. The molecule has 2 rings (SSSR count). The predicted octanol–water partition coefficient (Wildman–Crippen LogP) is 1.76. The smallest absolute Gasteiger partial charge is 0.0361 e. The molecule has 0 atom stereocenters. The first-order chi connectivity index (χ1) is 5.90. The molecule has 0 amide bonds. The topological polar surface area (TPSA) is 17.0 Å². The molecule has 0 saturated heterocycles. The van der Waals surface area contributed by atoms with E-state index in [1.54, 1.807) is 0 Å². The van der Waals surface area contributed by atoms with Crippen molar-refractivity contribution in [3.63, 3.8) is 0 Å². The highest BCUT2D eigenvalue weighted by Gasteiger charge is 2.20. The summed E-state index contributed by atoms with van der Waals surface area (Å²) >= 11 is 0. The van der Waals surface area contributed by atoms with E-state index in [0.717, 1.165) is 19.1 Å². The minimum atomic E-state index is 0.810. The zero-order valence-electron chi connectivity index (χ0n) is 7.59. The number of nitrogens with zero attached hydrogens (tertiary/aromatic N) is 1. The Kier molecular flexibility index (Phi) is 2.17. The summed E-state index contributed by atoms with van der Waals surface area (Å²) in [6, 6.07) is 5.12. The zero-order chi connectivity index (χ0) is 8.39. The lowest BCUT2D eigenvalue weighted by atomic mass is 10.4. The first-order valence-corrected chi connectivity index (χ1v) is 4.77. The van der Waals surface area contributed by atoms with Crippen molar-refractivity contribution < 1.29 is 0 Å². The van der Waals surface area contributed by atoms with E-state index in [1.807, 2.05) is 0 Å². The SMILES string of the molecule is CCn1cccc1CNC1CC1. The number of aromatic nitrogens is 1. The average molecular weight is 164 g/mol. The van der Waals surface area contributed by atoms with Gasteiger partial charge in [-0.3, -0.25) is 0 Å². The maximum atomic E-state index is 3.51. The number of hydrogen-bond acceptors (Lipinski definition) is 1. The first-order valence-electron chi connectivity index (χ1n) is 4.77. The van der Waals surface area contributed by atoms with E-state index in [2.05, 4.69) is 35.1 Å². The van der Waals surface area contributed by atoms with Crippen LogP contribution in [0.4, 0.5) is 0 Å². The molecule has 1 heterocycles. The lowest BCUT2D eigenvalue weighted by molar-refractivity contribution is 0.626. The molecular weight excluding hydrogens is 148 g/mol. The number of hydrogen-bond donors (Lipinski definition) is 1. The van der Waals surface area contributed by atoms with E-state index in [-0.39, 0.29) is 0 Å². The van der Waals surface area contributed by atoms with Crippen LogP contribution in [-0.4, -0.2) is 10.6 Å². The van der Waals surface area contributed by atoms with Crippen molar-refractivity contribution in [2.75, 3.05) is 0 Å². The molecule has 1 aromatic rings. The molecule has 0 aromatic carbocycles. The Hall–Kier alpha value is -0.760. The van der Waals surface area contributed by atoms with Gasteiger partial charge in [0, 0.05) is 31.0 Å². The molecule has 0 radical (unpaired) electrons. The fraction of sp³-hybridized carbons (Fsp3) is 0.600. The van der Waals surface area contributed by atoms with Crippen molar-refractivity contribution in [2.24, 2.45) is 0 Å². The molecule has 0 spiro atoms. The number of rotatable bonds is 4. The molecule has 66 valence electrons. The minimum Gasteiger partial charge on any atom is -0.351 e. The summed E-state index contributed by atoms with van der Waals surface area (Å²) in [6.45, 7) is 4.29. The molecule has 1 aromatic heterocycles. The van der Waals surface area contributed by atoms with E-state index in [1.165, 1.54) is 18.5 Å². The molecule has 2 heteroatoms. The Balaban J connectivity index is 1.91. The van der Waals surface area contributed by atoms with Crippen molar-refractivity contribution in [1.29, 1.82) is 0 Å². The van der Waals surface area contributed by atoms with Crippen LogP contribution in [-0.2, 0) is 13.1 Å². The highest BCUT2D eigenvalue weighted by atomic mass is 15.0. The molecule has 1 fully saturated rings. The normalized spacial score (nSPS) is 16.8. The highest BCUT2D eigenvalue weighted by molar-refractivity contribution is 5.07. The van der Waals surface area contributed by atoms with Crippen molar-refractivity contribution in [3.05, 3.63) is 24.0 Å². The molecule has 0 aliphatic heterocycles. The molecule has 1 N–H and O–H groups in total. The van der Waals surface area contributed by atoms with Gasteiger partial charge in [0.15, 0.2) is 0 Å². The third-order valence-corrected chi connectivity index (χ3v) is 2.41. The van der Waals surface area contributed by atoms with Crippen LogP contribution in [0.25, 0.3) is 0 Å². The van der Waals surface area contributed by atoms with E-state index in [4.69, 9.17) is 0 Å². The third kappa shape index (κ3) is 1.69. The Morgan fingerprint density at radius 2 is 2.42 bits per heavy atom. The van der Waals surface area contributed by atoms with E-state index < -0.39 is 0 Å². The summed E-state index contributed by atoms with van der Waals surface area (Å²) in [5, 5.41) is 3.51.